The molecule has 172 valence electrons. The van der Waals surface area contributed by atoms with Crippen LogP contribution in [0.3, 0.4) is 0 Å². The highest BCUT2D eigenvalue weighted by Crippen LogP contribution is 2.40. The van der Waals surface area contributed by atoms with Crippen molar-refractivity contribution in [2.75, 3.05) is 7.11 Å². The van der Waals surface area contributed by atoms with Crippen LogP contribution >= 0.6 is 0 Å². The molecule has 0 spiro atoms. The molecule has 2 nitrogen and oxygen atoms in total. The van der Waals surface area contributed by atoms with Gasteiger partial charge in [0, 0.05) is 17.5 Å². The van der Waals surface area contributed by atoms with Crippen LogP contribution in [-0.4, -0.2) is 7.11 Å². The molecule has 0 saturated heterocycles. The summed E-state index contributed by atoms with van der Waals surface area (Å²) in [5, 5.41) is 0. The Balaban J connectivity index is 1.59. The zero-order chi connectivity index (χ0) is 23.9. The van der Waals surface area contributed by atoms with E-state index in [0.717, 1.165) is 40.2 Å². The summed E-state index contributed by atoms with van der Waals surface area (Å²) in [5.74, 6) is 1.72. The van der Waals surface area contributed by atoms with Crippen molar-refractivity contribution in [3.63, 3.8) is 0 Å². The Morgan fingerprint density at radius 3 is 1.89 bits per heavy atom. The molecule has 5 aromatic carbocycles. The van der Waals surface area contributed by atoms with E-state index in [1.807, 2.05) is 36.4 Å². The fourth-order valence-corrected chi connectivity index (χ4v) is 4.48. The third-order valence-electron chi connectivity index (χ3n) is 6.20. The van der Waals surface area contributed by atoms with Gasteiger partial charge in [-0.3, -0.25) is 0 Å². The molecule has 5 aromatic rings. The van der Waals surface area contributed by atoms with Crippen LogP contribution in [0.25, 0.3) is 22.3 Å². The lowest BCUT2D eigenvalue weighted by Crippen LogP contribution is -2.02. The molecule has 0 atom stereocenters. The first-order valence-electron chi connectivity index (χ1n) is 11.9. The highest BCUT2D eigenvalue weighted by Gasteiger charge is 2.17. The highest BCUT2D eigenvalue weighted by atomic mass is 16.5. The van der Waals surface area contributed by atoms with Gasteiger partial charge in [-0.15, -0.1) is 0 Å². The molecule has 0 aliphatic heterocycles. The van der Waals surface area contributed by atoms with Crippen molar-refractivity contribution in [2.24, 2.45) is 0 Å². The van der Waals surface area contributed by atoms with Gasteiger partial charge in [0.25, 0.3) is 0 Å². The second kappa shape index (κ2) is 10.8. The van der Waals surface area contributed by atoms with E-state index in [9.17, 15) is 0 Å². The van der Waals surface area contributed by atoms with Gasteiger partial charge in [0.1, 0.15) is 18.1 Å². The molecule has 0 N–H and O–H groups in total. The second-order valence-electron chi connectivity index (χ2n) is 8.47. The summed E-state index contributed by atoms with van der Waals surface area (Å²) in [6, 6.07) is 44.0. The molecule has 5 rings (SSSR count). The zero-order valence-electron chi connectivity index (χ0n) is 19.9. The Bertz CT molecular complexity index is 1390. The van der Waals surface area contributed by atoms with Crippen LogP contribution < -0.4 is 9.47 Å². The number of hydrogen-bond donors (Lipinski definition) is 0. The average Bonchev–Trinajstić information content (AvgIpc) is 2.93. The molecule has 0 unspecified atom stereocenters. The van der Waals surface area contributed by atoms with E-state index >= 15 is 0 Å². The number of hydrogen-bond acceptors (Lipinski definition) is 2. The Kier molecular flexibility index (Phi) is 6.91. The van der Waals surface area contributed by atoms with Crippen molar-refractivity contribution in [3.8, 4) is 33.8 Å². The average molecular weight is 457 g/mol. The van der Waals surface area contributed by atoms with Crippen LogP contribution in [0, 0.1) is 0 Å². The van der Waals surface area contributed by atoms with Gasteiger partial charge < -0.3 is 9.47 Å². The van der Waals surface area contributed by atoms with Crippen molar-refractivity contribution in [2.45, 2.75) is 13.0 Å². The molecule has 0 aromatic heterocycles. The van der Waals surface area contributed by atoms with E-state index in [-0.39, 0.29) is 0 Å². The minimum atomic E-state index is 0.500. The standard InChI is InChI=1S/C33H28O2/c1-34-32-22-11-10-20-30(32)31-21-12-18-28(33(31)35-24-25-13-4-2-5-14-25)23-27-17-8-9-19-29(27)26-15-6-3-7-16-26/h2-22H,23-24H2,1H3. The topological polar surface area (TPSA) is 18.5 Å². The summed E-state index contributed by atoms with van der Waals surface area (Å²) in [6.45, 7) is 0.500. The first kappa shape index (κ1) is 22.5. The number of para-hydroxylation sites is 2. The third-order valence-corrected chi connectivity index (χ3v) is 6.20. The summed E-state index contributed by atoms with van der Waals surface area (Å²) in [5.41, 5.74) is 8.07. The quantitative estimate of drug-likeness (QED) is 0.234. The molecule has 0 bridgehead atoms. The number of ether oxygens (including phenoxy) is 2. The summed E-state index contributed by atoms with van der Waals surface area (Å²) in [6.07, 6.45) is 0.762. The minimum absolute atomic E-state index is 0.500. The molecular formula is C33H28O2. The lowest BCUT2D eigenvalue weighted by molar-refractivity contribution is 0.304. The lowest BCUT2D eigenvalue weighted by Gasteiger charge is -2.19. The maximum absolute atomic E-state index is 6.57. The Hall–Kier alpha value is -4.30. The van der Waals surface area contributed by atoms with Gasteiger partial charge in [0.05, 0.1) is 7.11 Å². The first-order valence-corrected chi connectivity index (χ1v) is 11.9. The molecule has 35 heavy (non-hydrogen) atoms. The second-order valence-corrected chi connectivity index (χ2v) is 8.47. The van der Waals surface area contributed by atoms with Crippen LogP contribution in [0.1, 0.15) is 16.7 Å². The minimum Gasteiger partial charge on any atom is -0.496 e. The molecule has 0 amide bonds. The molecule has 0 heterocycles. The zero-order valence-corrected chi connectivity index (χ0v) is 19.9. The van der Waals surface area contributed by atoms with Crippen LogP contribution in [-0.2, 0) is 13.0 Å². The van der Waals surface area contributed by atoms with Crippen molar-refractivity contribution >= 4 is 0 Å². The monoisotopic (exact) mass is 456 g/mol. The number of rotatable bonds is 8. The van der Waals surface area contributed by atoms with E-state index in [1.54, 1.807) is 7.11 Å². The van der Waals surface area contributed by atoms with Gasteiger partial charge in [-0.1, -0.05) is 121 Å². The fraction of sp³-hybridized carbons (Fsp3) is 0.0909. The Morgan fingerprint density at radius 1 is 0.514 bits per heavy atom. The van der Waals surface area contributed by atoms with Crippen molar-refractivity contribution in [1.82, 2.24) is 0 Å². The Morgan fingerprint density at radius 2 is 1.11 bits per heavy atom. The third kappa shape index (κ3) is 5.12. The Labute approximate surface area is 207 Å². The van der Waals surface area contributed by atoms with Gasteiger partial charge in [-0.2, -0.15) is 0 Å². The summed E-state index contributed by atoms with van der Waals surface area (Å²) >= 11 is 0. The van der Waals surface area contributed by atoms with Gasteiger partial charge in [-0.05, 0) is 33.9 Å². The van der Waals surface area contributed by atoms with Crippen LogP contribution in [0.4, 0.5) is 0 Å². The van der Waals surface area contributed by atoms with Crippen molar-refractivity contribution < 1.29 is 9.47 Å². The predicted octanol–water partition coefficient (Wildman–Crippen LogP) is 8.20. The summed E-state index contributed by atoms with van der Waals surface area (Å²) < 4.78 is 12.3. The maximum atomic E-state index is 6.57. The van der Waals surface area contributed by atoms with E-state index in [0.29, 0.717) is 6.61 Å². The van der Waals surface area contributed by atoms with Crippen LogP contribution in [0.2, 0.25) is 0 Å². The van der Waals surface area contributed by atoms with Crippen molar-refractivity contribution in [3.05, 3.63) is 144 Å². The molecule has 0 aliphatic rings. The number of benzene rings is 5. The normalized spacial score (nSPS) is 10.7. The van der Waals surface area contributed by atoms with Gasteiger partial charge >= 0.3 is 0 Å². The molecule has 0 radical (unpaired) electrons. The van der Waals surface area contributed by atoms with Crippen molar-refractivity contribution in [1.29, 1.82) is 0 Å². The fourth-order valence-electron chi connectivity index (χ4n) is 4.48. The van der Waals surface area contributed by atoms with Crippen LogP contribution in [0.15, 0.2) is 127 Å². The molecular weight excluding hydrogens is 428 g/mol. The predicted molar refractivity (Wildman–Crippen MR) is 144 cm³/mol. The lowest BCUT2D eigenvalue weighted by atomic mass is 9.92. The van der Waals surface area contributed by atoms with Gasteiger partial charge in [0.2, 0.25) is 0 Å². The van der Waals surface area contributed by atoms with Gasteiger partial charge in [0.15, 0.2) is 0 Å². The molecule has 0 saturated carbocycles. The maximum Gasteiger partial charge on any atom is 0.131 e. The number of methoxy groups -OCH3 is 1. The van der Waals surface area contributed by atoms with Crippen LogP contribution in [0.5, 0.6) is 11.5 Å². The first-order chi connectivity index (χ1) is 17.3. The summed E-state index contributed by atoms with van der Waals surface area (Å²) in [4.78, 5) is 0. The largest absolute Gasteiger partial charge is 0.496 e. The van der Waals surface area contributed by atoms with E-state index in [4.69, 9.17) is 9.47 Å². The smallest absolute Gasteiger partial charge is 0.131 e. The SMILES string of the molecule is COc1ccccc1-c1cccc(Cc2ccccc2-c2ccccc2)c1OCc1ccccc1. The van der Waals surface area contributed by atoms with E-state index in [2.05, 4.69) is 91.0 Å². The van der Waals surface area contributed by atoms with Gasteiger partial charge in [-0.25, -0.2) is 0 Å². The summed E-state index contributed by atoms with van der Waals surface area (Å²) in [7, 11) is 1.71. The molecule has 2 heteroatoms. The van der Waals surface area contributed by atoms with E-state index < -0.39 is 0 Å². The van der Waals surface area contributed by atoms with E-state index in [1.165, 1.54) is 16.7 Å². The highest BCUT2D eigenvalue weighted by molar-refractivity contribution is 5.78. The molecule has 0 fully saturated rings. The molecule has 0 aliphatic carbocycles.